The number of halogens is 1. The molecule has 0 bridgehead atoms. The molecule has 0 saturated carbocycles. The molecule has 0 unspecified atom stereocenters. The van der Waals surface area contributed by atoms with Gasteiger partial charge in [-0.05, 0) is 25.5 Å². The van der Waals surface area contributed by atoms with Crippen LogP contribution in [0.3, 0.4) is 0 Å². The van der Waals surface area contributed by atoms with Crippen LogP contribution in [0.5, 0.6) is 0 Å². The molecule has 0 amide bonds. The summed E-state index contributed by atoms with van der Waals surface area (Å²) in [5, 5.41) is 3.62. The Morgan fingerprint density at radius 3 is 2.64 bits per heavy atom. The normalized spacial score (nSPS) is 10.5. The van der Waals surface area contributed by atoms with Crippen LogP contribution in [0.4, 0.5) is 4.39 Å². The minimum Gasteiger partial charge on any atom is -0.334 e. The topological polar surface area (TPSA) is 38.9 Å². The summed E-state index contributed by atoms with van der Waals surface area (Å²) in [6.07, 6.45) is 0. The van der Waals surface area contributed by atoms with E-state index in [1.165, 1.54) is 6.07 Å². The number of aryl methyl sites for hydroxylation is 2. The first-order valence-corrected chi connectivity index (χ1v) is 4.24. The molecule has 0 N–H and O–H groups in total. The van der Waals surface area contributed by atoms with E-state index in [-0.39, 0.29) is 11.7 Å². The van der Waals surface area contributed by atoms with Gasteiger partial charge in [0.2, 0.25) is 0 Å². The molecule has 3 nitrogen and oxygen atoms in total. The molecule has 0 spiro atoms. The second-order valence-corrected chi connectivity index (χ2v) is 3.08. The van der Waals surface area contributed by atoms with Gasteiger partial charge >= 0.3 is 0 Å². The molecule has 1 aromatic carbocycles. The average molecular weight is 192 g/mol. The van der Waals surface area contributed by atoms with Crippen LogP contribution >= 0.6 is 0 Å². The lowest BCUT2D eigenvalue weighted by Gasteiger charge is -2.00. The van der Waals surface area contributed by atoms with Gasteiger partial charge in [-0.1, -0.05) is 17.3 Å². The molecule has 0 aliphatic rings. The third kappa shape index (κ3) is 1.39. The Kier molecular flexibility index (Phi) is 2.04. The van der Waals surface area contributed by atoms with Crippen molar-refractivity contribution in [3.05, 3.63) is 35.4 Å². The van der Waals surface area contributed by atoms with Crippen molar-refractivity contribution in [1.82, 2.24) is 10.1 Å². The molecule has 72 valence electrons. The minimum absolute atomic E-state index is 0.234. The number of hydrogen-bond donors (Lipinski definition) is 0. The van der Waals surface area contributed by atoms with Gasteiger partial charge in [-0.15, -0.1) is 0 Å². The van der Waals surface area contributed by atoms with Crippen molar-refractivity contribution in [2.45, 2.75) is 13.8 Å². The first-order chi connectivity index (χ1) is 6.68. The maximum Gasteiger partial charge on any atom is 0.261 e. The fraction of sp³-hybridized carbons (Fsp3) is 0.200. The molecule has 0 radical (unpaired) electrons. The number of hydrogen-bond acceptors (Lipinski definition) is 3. The SMILES string of the molecule is Cc1noc(-c2c(C)cccc2F)n1. The highest BCUT2D eigenvalue weighted by molar-refractivity contribution is 5.58. The van der Waals surface area contributed by atoms with Crippen molar-refractivity contribution in [3.63, 3.8) is 0 Å². The first-order valence-electron chi connectivity index (χ1n) is 4.24. The van der Waals surface area contributed by atoms with E-state index in [2.05, 4.69) is 10.1 Å². The van der Waals surface area contributed by atoms with Gasteiger partial charge in [-0.25, -0.2) is 4.39 Å². The maximum absolute atomic E-state index is 13.4. The predicted molar refractivity (Wildman–Crippen MR) is 49.2 cm³/mol. The number of aromatic nitrogens is 2. The zero-order chi connectivity index (χ0) is 10.1. The van der Waals surface area contributed by atoms with Gasteiger partial charge in [-0.2, -0.15) is 4.98 Å². The van der Waals surface area contributed by atoms with E-state index >= 15 is 0 Å². The number of nitrogens with zero attached hydrogens (tertiary/aromatic N) is 2. The van der Waals surface area contributed by atoms with E-state index in [1.807, 2.05) is 0 Å². The lowest BCUT2D eigenvalue weighted by Crippen LogP contribution is -1.88. The van der Waals surface area contributed by atoms with Crippen LogP contribution in [0.1, 0.15) is 11.4 Å². The van der Waals surface area contributed by atoms with Gasteiger partial charge in [0.1, 0.15) is 5.82 Å². The Labute approximate surface area is 80.6 Å². The predicted octanol–water partition coefficient (Wildman–Crippen LogP) is 2.49. The molecule has 2 aromatic rings. The molecule has 0 atom stereocenters. The highest BCUT2D eigenvalue weighted by Crippen LogP contribution is 2.24. The fourth-order valence-electron chi connectivity index (χ4n) is 1.30. The molecule has 1 heterocycles. The van der Waals surface area contributed by atoms with Crippen molar-refractivity contribution in [2.24, 2.45) is 0 Å². The summed E-state index contributed by atoms with van der Waals surface area (Å²) in [6, 6.07) is 4.83. The standard InChI is InChI=1S/C10H9FN2O/c1-6-4-3-5-8(11)9(6)10-12-7(2)13-14-10/h3-5H,1-2H3. The Morgan fingerprint density at radius 2 is 2.07 bits per heavy atom. The van der Waals surface area contributed by atoms with Gasteiger partial charge in [0.15, 0.2) is 5.82 Å². The second kappa shape index (κ2) is 3.21. The zero-order valence-corrected chi connectivity index (χ0v) is 7.91. The Hall–Kier alpha value is -1.71. The molecule has 2 rings (SSSR count). The molecule has 4 heteroatoms. The van der Waals surface area contributed by atoms with E-state index in [0.29, 0.717) is 11.4 Å². The van der Waals surface area contributed by atoms with Crippen LogP contribution in [-0.4, -0.2) is 10.1 Å². The summed E-state index contributed by atoms with van der Waals surface area (Å²) in [5.41, 5.74) is 1.17. The summed E-state index contributed by atoms with van der Waals surface area (Å²) in [7, 11) is 0. The third-order valence-electron chi connectivity index (χ3n) is 1.96. The quantitative estimate of drug-likeness (QED) is 0.696. The van der Waals surface area contributed by atoms with E-state index in [4.69, 9.17) is 4.52 Å². The zero-order valence-electron chi connectivity index (χ0n) is 7.91. The summed E-state index contributed by atoms with van der Waals surface area (Å²) < 4.78 is 18.3. The van der Waals surface area contributed by atoms with Crippen molar-refractivity contribution in [2.75, 3.05) is 0 Å². The Bertz CT molecular complexity index is 445. The molecule has 14 heavy (non-hydrogen) atoms. The first kappa shape index (κ1) is 8.87. The van der Waals surface area contributed by atoms with Crippen LogP contribution in [0.2, 0.25) is 0 Å². The van der Waals surface area contributed by atoms with Crippen molar-refractivity contribution in [1.29, 1.82) is 0 Å². The van der Waals surface area contributed by atoms with Crippen LogP contribution in [0, 0.1) is 19.7 Å². The average Bonchev–Trinajstić information content (AvgIpc) is 2.51. The molecular formula is C10H9FN2O. The van der Waals surface area contributed by atoms with Gasteiger partial charge in [-0.3, -0.25) is 0 Å². The second-order valence-electron chi connectivity index (χ2n) is 3.08. The molecule has 0 fully saturated rings. The molecule has 0 aliphatic heterocycles. The molecule has 0 aliphatic carbocycles. The Morgan fingerprint density at radius 1 is 1.29 bits per heavy atom. The van der Waals surface area contributed by atoms with Crippen molar-refractivity contribution < 1.29 is 8.91 Å². The number of rotatable bonds is 1. The smallest absolute Gasteiger partial charge is 0.261 e. The number of benzene rings is 1. The fourth-order valence-corrected chi connectivity index (χ4v) is 1.30. The van der Waals surface area contributed by atoms with E-state index in [0.717, 1.165) is 5.56 Å². The van der Waals surface area contributed by atoms with Crippen molar-refractivity contribution in [3.8, 4) is 11.5 Å². The lowest BCUT2D eigenvalue weighted by molar-refractivity contribution is 0.423. The Balaban J connectivity index is 2.61. The van der Waals surface area contributed by atoms with Gasteiger partial charge in [0.05, 0.1) is 5.56 Å². The summed E-state index contributed by atoms with van der Waals surface area (Å²) in [6.45, 7) is 3.50. The van der Waals surface area contributed by atoms with E-state index in [9.17, 15) is 4.39 Å². The van der Waals surface area contributed by atoms with Crippen LogP contribution < -0.4 is 0 Å². The third-order valence-corrected chi connectivity index (χ3v) is 1.96. The van der Waals surface area contributed by atoms with Crippen LogP contribution in [0.15, 0.2) is 22.7 Å². The summed E-state index contributed by atoms with van der Waals surface area (Å²) >= 11 is 0. The monoisotopic (exact) mass is 192 g/mol. The van der Waals surface area contributed by atoms with Crippen molar-refractivity contribution >= 4 is 0 Å². The summed E-state index contributed by atoms with van der Waals surface area (Å²) in [4.78, 5) is 3.98. The van der Waals surface area contributed by atoms with Crippen LogP contribution in [-0.2, 0) is 0 Å². The minimum atomic E-state index is -0.339. The largest absolute Gasteiger partial charge is 0.334 e. The van der Waals surface area contributed by atoms with Gasteiger partial charge in [0, 0.05) is 0 Å². The van der Waals surface area contributed by atoms with E-state index < -0.39 is 0 Å². The lowest BCUT2D eigenvalue weighted by atomic mass is 10.1. The van der Waals surface area contributed by atoms with Gasteiger partial charge < -0.3 is 4.52 Å². The molecule has 0 saturated heterocycles. The molecular weight excluding hydrogens is 183 g/mol. The van der Waals surface area contributed by atoms with Crippen LogP contribution in [0.25, 0.3) is 11.5 Å². The van der Waals surface area contributed by atoms with Gasteiger partial charge in [0.25, 0.3) is 5.89 Å². The van der Waals surface area contributed by atoms with E-state index in [1.54, 1.807) is 26.0 Å². The highest BCUT2D eigenvalue weighted by Gasteiger charge is 2.13. The summed E-state index contributed by atoms with van der Waals surface area (Å²) in [5.74, 6) is 0.398. The molecule has 1 aromatic heterocycles. The highest BCUT2D eigenvalue weighted by atomic mass is 19.1. The maximum atomic E-state index is 13.4.